The molecule has 0 aromatic carbocycles. The van der Waals surface area contributed by atoms with E-state index in [0.717, 1.165) is 13.1 Å². The number of amides is 2. The molecule has 0 saturated carbocycles. The molecule has 1 fully saturated rings. The highest BCUT2D eigenvalue weighted by molar-refractivity contribution is 5.73. The summed E-state index contributed by atoms with van der Waals surface area (Å²) < 4.78 is 0. The van der Waals surface area contributed by atoms with Crippen LogP contribution in [0.2, 0.25) is 0 Å². The molecule has 0 radical (unpaired) electrons. The molecule has 1 rings (SSSR count). The maximum absolute atomic E-state index is 10.7. The van der Waals surface area contributed by atoms with Crippen LogP contribution in [0.5, 0.6) is 0 Å². The molecule has 0 aromatic rings. The van der Waals surface area contributed by atoms with Crippen molar-refractivity contribution >= 4 is 6.03 Å². The normalized spacial score (nSPS) is 19.8. The zero-order chi connectivity index (χ0) is 7.56. The highest BCUT2D eigenvalue weighted by atomic mass is 16.2. The van der Waals surface area contributed by atoms with Crippen molar-refractivity contribution in [2.75, 3.05) is 27.2 Å². The van der Waals surface area contributed by atoms with Gasteiger partial charge in [-0.2, -0.15) is 0 Å². The van der Waals surface area contributed by atoms with Gasteiger partial charge in [0.25, 0.3) is 0 Å². The highest BCUT2D eigenvalue weighted by Gasteiger charge is 2.23. The Hall–Kier alpha value is -0.770. The van der Waals surface area contributed by atoms with E-state index in [1.54, 1.807) is 7.05 Å². The first kappa shape index (κ1) is 7.34. The number of carbonyl (C=O) groups is 1. The van der Waals surface area contributed by atoms with Crippen molar-refractivity contribution in [1.82, 2.24) is 15.5 Å². The summed E-state index contributed by atoms with van der Waals surface area (Å²) in [6.07, 6.45) is 0. The van der Waals surface area contributed by atoms with Crippen LogP contribution >= 0.6 is 0 Å². The van der Waals surface area contributed by atoms with Gasteiger partial charge in [0.15, 0.2) is 0 Å². The monoisotopic (exact) mass is 143 g/mol. The summed E-state index contributed by atoms with van der Waals surface area (Å²) in [5, 5.41) is 5.32. The quantitative estimate of drug-likeness (QED) is 0.506. The van der Waals surface area contributed by atoms with Crippen molar-refractivity contribution in [2.24, 2.45) is 0 Å². The van der Waals surface area contributed by atoms with E-state index in [2.05, 4.69) is 15.5 Å². The second kappa shape index (κ2) is 2.88. The van der Waals surface area contributed by atoms with Gasteiger partial charge in [-0.1, -0.05) is 0 Å². The fourth-order valence-electron chi connectivity index (χ4n) is 1.05. The maximum atomic E-state index is 10.7. The highest BCUT2D eigenvalue weighted by Crippen LogP contribution is 2.02. The van der Waals surface area contributed by atoms with Gasteiger partial charge >= 0.3 is 6.03 Å². The van der Waals surface area contributed by atoms with Gasteiger partial charge in [-0.15, -0.1) is 0 Å². The first-order chi connectivity index (χ1) is 4.72. The molecule has 2 N–H and O–H groups in total. The molecule has 0 unspecified atom stereocenters. The average Bonchev–Trinajstić information content (AvgIpc) is 1.84. The van der Waals surface area contributed by atoms with Gasteiger partial charge in [-0.25, -0.2) is 4.79 Å². The standard InChI is InChI=1S/C6H13N3O/c1-7-6(10)8-5-3-9(2)4-5/h5H,3-4H2,1-2H3,(H2,7,8,10). The summed E-state index contributed by atoms with van der Waals surface area (Å²) >= 11 is 0. The van der Waals surface area contributed by atoms with E-state index in [-0.39, 0.29) is 6.03 Å². The van der Waals surface area contributed by atoms with E-state index < -0.39 is 0 Å². The maximum Gasteiger partial charge on any atom is 0.314 e. The molecule has 1 saturated heterocycles. The lowest BCUT2D eigenvalue weighted by Gasteiger charge is -2.36. The van der Waals surface area contributed by atoms with Gasteiger partial charge in [-0.3, -0.25) is 0 Å². The minimum Gasteiger partial charge on any atom is -0.341 e. The molecular formula is C6H13N3O. The molecule has 1 heterocycles. The van der Waals surface area contributed by atoms with E-state index in [4.69, 9.17) is 0 Å². The molecule has 10 heavy (non-hydrogen) atoms. The van der Waals surface area contributed by atoms with Crippen LogP contribution in [-0.4, -0.2) is 44.2 Å². The number of rotatable bonds is 1. The molecule has 0 atom stereocenters. The predicted octanol–water partition coefficient (Wildman–Crippen LogP) is -0.771. The topological polar surface area (TPSA) is 44.4 Å². The first-order valence-corrected chi connectivity index (χ1v) is 3.39. The van der Waals surface area contributed by atoms with Gasteiger partial charge < -0.3 is 15.5 Å². The molecule has 2 amide bonds. The zero-order valence-electron chi connectivity index (χ0n) is 6.35. The largest absolute Gasteiger partial charge is 0.341 e. The number of nitrogens with zero attached hydrogens (tertiary/aromatic N) is 1. The van der Waals surface area contributed by atoms with Crippen LogP contribution < -0.4 is 10.6 Å². The van der Waals surface area contributed by atoms with Gasteiger partial charge in [0.05, 0.1) is 6.04 Å². The van der Waals surface area contributed by atoms with Gasteiger partial charge in [0.2, 0.25) is 0 Å². The second-order valence-electron chi connectivity index (χ2n) is 2.64. The van der Waals surface area contributed by atoms with Crippen molar-refractivity contribution in [1.29, 1.82) is 0 Å². The minimum atomic E-state index is -0.0851. The molecule has 58 valence electrons. The van der Waals surface area contributed by atoms with Crippen molar-refractivity contribution < 1.29 is 4.79 Å². The van der Waals surface area contributed by atoms with Crippen molar-refractivity contribution in [2.45, 2.75) is 6.04 Å². The van der Waals surface area contributed by atoms with Crippen LogP contribution in [0.3, 0.4) is 0 Å². The average molecular weight is 143 g/mol. The Bertz CT molecular complexity index is 131. The Morgan fingerprint density at radius 3 is 2.60 bits per heavy atom. The molecule has 0 bridgehead atoms. The van der Waals surface area contributed by atoms with Crippen LogP contribution in [-0.2, 0) is 0 Å². The number of nitrogens with one attached hydrogen (secondary N) is 2. The Morgan fingerprint density at radius 1 is 1.60 bits per heavy atom. The SMILES string of the molecule is CNC(=O)NC1CN(C)C1. The van der Waals surface area contributed by atoms with Crippen LogP contribution in [0.4, 0.5) is 4.79 Å². The van der Waals surface area contributed by atoms with E-state index in [1.807, 2.05) is 7.05 Å². The van der Waals surface area contributed by atoms with Crippen molar-refractivity contribution in [3.05, 3.63) is 0 Å². The van der Waals surface area contributed by atoms with Crippen LogP contribution in [0.15, 0.2) is 0 Å². The number of likely N-dealkylation sites (tertiary alicyclic amines) is 1. The second-order valence-corrected chi connectivity index (χ2v) is 2.64. The third-order valence-electron chi connectivity index (χ3n) is 1.63. The fourth-order valence-corrected chi connectivity index (χ4v) is 1.05. The van der Waals surface area contributed by atoms with Crippen molar-refractivity contribution in [3.63, 3.8) is 0 Å². The molecule has 4 heteroatoms. The summed E-state index contributed by atoms with van der Waals surface area (Å²) in [7, 11) is 3.65. The van der Waals surface area contributed by atoms with Gasteiger partial charge in [-0.05, 0) is 7.05 Å². The molecule has 0 spiro atoms. The van der Waals surface area contributed by atoms with Crippen LogP contribution in [0, 0.1) is 0 Å². The van der Waals surface area contributed by atoms with Crippen molar-refractivity contribution in [3.8, 4) is 0 Å². The first-order valence-electron chi connectivity index (χ1n) is 3.39. The number of carbonyl (C=O) groups excluding carboxylic acids is 1. The number of hydrogen-bond donors (Lipinski definition) is 2. The predicted molar refractivity (Wildman–Crippen MR) is 38.9 cm³/mol. The zero-order valence-corrected chi connectivity index (χ0v) is 6.35. The lowest BCUT2D eigenvalue weighted by Crippen LogP contribution is -2.58. The van der Waals surface area contributed by atoms with Crippen LogP contribution in [0.25, 0.3) is 0 Å². The lowest BCUT2D eigenvalue weighted by molar-refractivity contribution is 0.162. The van der Waals surface area contributed by atoms with Gasteiger partial charge in [0.1, 0.15) is 0 Å². The summed E-state index contributed by atoms with van der Waals surface area (Å²) in [6, 6.07) is 0.267. The molecular weight excluding hydrogens is 130 g/mol. The lowest BCUT2D eigenvalue weighted by atomic mass is 10.1. The van der Waals surface area contributed by atoms with E-state index in [1.165, 1.54) is 0 Å². The van der Waals surface area contributed by atoms with E-state index in [0.29, 0.717) is 6.04 Å². The third kappa shape index (κ3) is 1.60. The molecule has 4 nitrogen and oxygen atoms in total. The number of hydrogen-bond acceptors (Lipinski definition) is 2. The number of likely N-dealkylation sites (N-methyl/N-ethyl adjacent to an activating group) is 1. The summed E-state index contributed by atoms with van der Waals surface area (Å²) in [6.45, 7) is 1.93. The Kier molecular flexibility index (Phi) is 2.11. The van der Waals surface area contributed by atoms with E-state index >= 15 is 0 Å². The summed E-state index contributed by atoms with van der Waals surface area (Å²) in [4.78, 5) is 12.8. The van der Waals surface area contributed by atoms with Gasteiger partial charge in [0, 0.05) is 20.1 Å². The molecule has 1 aliphatic heterocycles. The smallest absolute Gasteiger partial charge is 0.314 e. The summed E-state index contributed by atoms with van der Waals surface area (Å²) in [5.41, 5.74) is 0. The molecule has 0 aliphatic carbocycles. The Labute approximate surface area is 60.6 Å². The molecule has 0 aromatic heterocycles. The number of urea groups is 1. The Morgan fingerprint density at radius 2 is 2.20 bits per heavy atom. The van der Waals surface area contributed by atoms with E-state index in [9.17, 15) is 4.79 Å². The minimum absolute atomic E-state index is 0.0851. The summed E-state index contributed by atoms with van der Waals surface area (Å²) in [5.74, 6) is 0. The molecule has 1 aliphatic rings. The fraction of sp³-hybridized carbons (Fsp3) is 0.833. The van der Waals surface area contributed by atoms with Crippen LogP contribution in [0.1, 0.15) is 0 Å². The Balaban J connectivity index is 2.10. The third-order valence-corrected chi connectivity index (χ3v) is 1.63.